The van der Waals surface area contributed by atoms with Gasteiger partial charge < -0.3 is 0 Å². The molecular weight excluding hydrogens is 184 g/mol. The lowest BCUT2D eigenvalue weighted by Crippen LogP contribution is -2.24. The summed E-state index contributed by atoms with van der Waals surface area (Å²) in [6.45, 7) is 5.46. The van der Waals surface area contributed by atoms with Gasteiger partial charge in [-0.15, -0.1) is 0 Å². The molecule has 1 saturated heterocycles. The fraction of sp³-hybridized carbons (Fsp3) is 0.462. The third kappa shape index (κ3) is 2.37. The lowest BCUT2D eigenvalue weighted by molar-refractivity contribution is 0.324. The van der Waals surface area contributed by atoms with E-state index in [1.54, 1.807) is 0 Å². The van der Waals surface area contributed by atoms with Crippen LogP contribution >= 0.6 is 0 Å². The predicted molar refractivity (Wildman–Crippen MR) is 61.2 cm³/mol. The molecule has 0 unspecified atom stereocenters. The van der Waals surface area contributed by atoms with Crippen LogP contribution in [0.3, 0.4) is 0 Å². The van der Waals surface area contributed by atoms with Crippen molar-refractivity contribution in [2.45, 2.75) is 19.8 Å². The average molecular weight is 200 g/mol. The Labute approximate surface area is 91.2 Å². The highest BCUT2D eigenvalue weighted by Crippen LogP contribution is 2.24. The zero-order valence-electron chi connectivity index (χ0n) is 9.16. The van der Waals surface area contributed by atoms with Crippen LogP contribution in [0, 0.1) is 11.3 Å². The molecule has 0 aromatic carbocycles. The van der Waals surface area contributed by atoms with Crippen molar-refractivity contribution < 1.29 is 0 Å². The van der Waals surface area contributed by atoms with E-state index in [0.29, 0.717) is 0 Å². The molecule has 1 heterocycles. The fourth-order valence-corrected chi connectivity index (χ4v) is 2.16. The van der Waals surface area contributed by atoms with Gasteiger partial charge in [-0.2, -0.15) is 5.26 Å². The van der Waals surface area contributed by atoms with E-state index in [1.807, 2.05) is 6.08 Å². The Bertz CT molecular complexity index is 380. The number of nitriles is 1. The molecule has 2 bridgehead atoms. The molecule has 0 amide bonds. The topological polar surface area (TPSA) is 27.0 Å². The minimum atomic E-state index is 0.790. The Balaban J connectivity index is 2.29. The van der Waals surface area contributed by atoms with Crippen molar-refractivity contribution in [2.24, 2.45) is 0 Å². The Hall–Kier alpha value is -1.33. The number of allylic oxidation sites excluding steroid dienone is 4. The first-order chi connectivity index (χ1) is 7.31. The molecule has 0 saturated carbocycles. The van der Waals surface area contributed by atoms with Crippen molar-refractivity contribution >= 4 is 0 Å². The Morgan fingerprint density at radius 3 is 3.00 bits per heavy atom. The van der Waals surface area contributed by atoms with Crippen molar-refractivity contribution in [1.82, 2.24) is 4.90 Å². The van der Waals surface area contributed by atoms with E-state index >= 15 is 0 Å². The standard InChI is InChI=1S/C13H16N2/c1-2-15-6-5-11-3-4-12(9-14)8-13(7-11)10-15/h3-4,8H,2,5-7,10H2,1H3. The normalized spacial score (nSPS) is 21.7. The van der Waals surface area contributed by atoms with Gasteiger partial charge in [0.2, 0.25) is 0 Å². The lowest BCUT2D eigenvalue weighted by atomic mass is 10.1. The molecule has 1 aliphatic carbocycles. The van der Waals surface area contributed by atoms with Gasteiger partial charge in [0.15, 0.2) is 0 Å². The van der Waals surface area contributed by atoms with E-state index < -0.39 is 0 Å². The second-order valence-corrected chi connectivity index (χ2v) is 4.16. The number of hydrogen-bond donors (Lipinski definition) is 0. The fourth-order valence-electron chi connectivity index (χ4n) is 2.16. The van der Waals surface area contributed by atoms with E-state index in [9.17, 15) is 0 Å². The third-order valence-electron chi connectivity index (χ3n) is 3.06. The molecule has 1 aliphatic heterocycles. The predicted octanol–water partition coefficient (Wildman–Crippen LogP) is 2.42. The first kappa shape index (κ1) is 10.2. The van der Waals surface area contributed by atoms with Crippen LogP contribution in [0.1, 0.15) is 19.8 Å². The van der Waals surface area contributed by atoms with Crippen LogP contribution in [-0.4, -0.2) is 24.5 Å². The Morgan fingerprint density at radius 2 is 2.27 bits per heavy atom. The largest absolute Gasteiger partial charge is 0.299 e. The van der Waals surface area contributed by atoms with Gasteiger partial charge in [-0.1, -0.05) is 24.1 Å². The van der Waals surface area contributed by atoms with Gasteiger partial charge in [-0.25, -0.2) is 0 Å². The highest BCUT2D eigenvalue weighted by Gasteiger charge is 2.15. The summed E-state index contributed by atoms with van der Waals surface area (Å²) in [5, 5.41) is 8.92. The first-order valence-corrected chi connectivity index (χ1v) is 5.53. The van der Waals surface area contributed by atoms with Crippen LogP contribution in [0.5, 0.6) is 0 Å². The summed E-state index contributed by atoms with van der Waals surface area (Å²) in [5.74, 6) is 0. The highest BCUT2D eigenvalue weighted by atomic mass is 15.1. The Kier molecular flexibility index (Phi) is 3.03. The second kappa shape index (κ2) is 4.46. The van der Waals surface area contributed by atoms with E-state index in [4.69, 9.17) is 5.26 Å². The number of hydrogen-bond acceptors (Lipinski definition) is 2. The lowest BCUT2D eigenvalue weighted by Gasteiger charge is -2.17. The SMILES string of the molecule is CCN1CCC2=CC=C(C#N)C=C(C2)C1. The van der Waals surface area contributed by atoms with Crippen LogP contribution < -0.4 is 0 Å². The molecule has 2 nitrogen and oxygen atoms in total. The summed E-state index contributed by atoms with van der Waals surface area (Å²) in [5.41, 5.74) is 3.63. The van der Waals surface area contributed by atoms with Gasteiger partial charge in [0.25, 0.3) is 0 Å². The summed E-state index contributed by atoms with van der Waals surface area (Å²) in [7, 11) is 0. The first-order valence-electron chi connectivity index (χ1n) is 5.53. The van der Waals surface area contributed by atoms with Gasteiger partial charge >= 0.3 is 0 Å². The summed E-state index contributed by atoms with van der Waals surface area (Å²) >= 11 is 0. The molecule has 15 heavy (non-hydrogen) atoms. The number of fused-ring (bicyclic) bond motifs is 2. The van der Waals surface area contributed by atoms with Gasteiger partial charge in [0, 0.05) is 13.1 Å². The number of likely N-dealkylation sites (N-methyl/N-ethyl adjacent to an activating group) is 1. The van der Waals surface area contributed by atoms with Crippen molar-refractivity contribution in [1.29, 1.82) is 5.26 Å². The van der Waals surface area contributed by atoms with Crippen LogP contribution in [0.2, 0.25) is 0 Å². The van der Waals surface area contributed by atoms with E-state index in [0.717, 1.165) is 38.0 Å². The molecule has 2 aliphatic rings. The van der Waals surface area contributed by atoms with E-state index in [2.05, 4.69) is 30.0 Å². The molecule has 2 heteroatoms. The minimum absolute atomic E-state index is 0.790. The zero-order chi connectivity index (χ0) is 10.7. The Morgan fingerprint density at radius 1 is 1.40 bits per heavy atom. The van der Waals surface area contributed by atoms with Crippen molar-refractivity contribution in [2.75, 3.05) is 19.6 Å². The maximum absolute atomic E-state index is 8.92. The molecular formula is C13H16N2. The molecule has 0 atom stereocenters. The van der Waals surface area contributed by atoms with Crippen LogP contribution in [0.25, 0.3) is 0 Å². The molecule has 1 fully saturated rings. The van der Waals surface area contributed by atoms with Crippen molar-refractivity contribution in [3.8, 4) is 6.07 Å². The van der Waals surface area contributed by atoms with Gasteiger partial charge in [-0.3, -0.25) is 4.90 Å². The van der Waals surface area contributed by atoms with Crippen LogP contribution in [0.4, 0.5) is 0 Å². The molecule has 2 rings (SSSR count). The third-order valence-corrected chi connectivity index (χ3v) is 3.06. The summed E-state index contributed by atoms with van der Waals surface area (Å²) in [4.78, 5) is 2.44. The average Bonchev–Trinajstić information content (AvgIpc) is 2.58. The van der Waals surface area contributed by atoms with Crippen LogP contribution in [0.15, 0.2) is 34.9 Å². The van der Waals surface area contributed by atoms with Gasteiger partial charge in [0.1, 0.15) is 0 Å². The minimum Gasteiger partial charge on any atom is -0.299 e. The number of nitrogens with zero attached hydrogens (tertiary/aromatic N) is 2. The van der Waals surface area contributed by atoms with E-state index in [1.165, 1.54) is 11.1 Å². The maximum atomic E-state index is 8.92. The van der Waals surface area contributed by atoms with Crippen LogP contribution in [-0.2, 0) is 0 Å². The number of likely N-dealkylation sites (tertiary alicyclic amines) is 1. The number of rotatable bonds is 1. The molecule has 0 aromatic rings. The van der Waals surface area contributed by atoms with Crippen molar-refractivity contribution in [3.63, 3.8) is 0 Å². The molecule has 0 radical (unpaired) electrons. The van der Waals surface area contributed by atoms with E-state index in [-0.39, 0.29) is 0 Å². The summed E-state index contributed by atoms with van der Waals surface area (Å²) in [6.07, 6.45) is 8.32. The quantitative estimate of drug-likeness (QED) is 0.650. The monoisotopic (exact) mass is 200 g/mol. The maximum Gasteiger partial charge on any atom is 0.0991 e. The summed E-state index contributed by atoms with van der Waals surface area (Å²) in [6, 6.07) is 2.23. The molecule has 0 spiro atoms. The molecule has 0 aromatic heterocycles. The second-order valence-electron chi connectivity index (χ2n) is 4.16. The highest BCUT2D eigenvalue weighted by molar-refractivity contribution is 5.43. The smallest absolute Gasteiger partial charge is 0.0991 e. The van der Waals surface area contributed by atoms with Gasteiger partial charge in [-0.05, 0) is 31.5 Å². The van der Waals surface area contributed by atoms with Gasteiger partial charge in [0.05, 0.1) is 11.6 Å². The molecule has 0 N–H and O–H groups in total. The summed E-state index contributed by atoms with van der Waals surface area (Å²) < 4.78 is 0. The van der Waals surface area contributed by atoms with Crippen molar-refractivity contribution in [3.05, 3.63) is 34.9 Å². The molecule has 78 valence electrons. The zero-order valence-corrected chi connectivity index (χ0v) is 9.16.